The number of fused-ring (bicyclic) bond motifs is 1. The van der Waals surface area contributed by atoms with Crippen LogP contribution in [0.4, 0.5) is 10.1 Å². The first-order valence-electron chi connectivity index (χ1n) is 6.91. The number of esters is 1. The largest absolute Gasteiger partial charge is 0.505 e. The van der Waals surface area contributed by atoms with Crippen LogP contribution >= 0.6 is 11.3 Å². The Kier molecular flexibility index (Phi) is 4.18. The average Bonchev–Trinajstić information content (AvgIpc) is 3.02. The van der Waals surface area contributed by atoms with E-state index in [2.05, 4.69) is 10.1 Å². The lowest BCUT2D eigenvalue weighted by Gasteiger charge is -2.09. The number of methoxy groups -OCH3 is 1. The van der Waals surface area contributed by atoms with Crippen LogP contribution in [0, 0.1) is 5.82 Å². The normalized spacial score (nSPS) is 10.6. The third kappa shape index (κ3) is 2.81. The molecule has 7 heteroatoms. The summed E-state index contributed by atoms with van der Waals surface area (Å²) in [4.78, 5) is 24.2. The van der Waals surface area contributed by atoms with Gasteiger partial charge in [-0.3, -0.25) is 4.79 Å². The Morgan fingerprint density at radius 1 is 1.21 bits per heavy atom. The van der Waals surface area contributed by atoms with Crippen molar-refractivity contribution in [1.82, 2.24) is 0 Å². The summed E-state index contributed by atoms with van der Waals surface area (Å²) >= 11 is 1.13. The second-order valence-corrected chi connectivity index (χ2v) is 5.99. The molecule has 0 aliphatic heterocycles. The number of hydrogen-bond donors (Lipinski definition) is 2. The number of aromatic hydroxyl groups is 1. The maximum absolute atomic E-state index is 13.7. The molecule has 3 aromatic rings. The molecule has 1 amide bonds. The molecule has 122 valence electrons. The van der Waals surface area contributed by atoms with E-state index >= 15 is 0 Å². The number of halogens is 1. The molecule has 0 aliphatic rings. The molecular formula is C17H12FNO4S. The summed E-state index contributed by atoms with van der Waals surface area (Å²) < 4.78 is 18.9. The molecule has 0 saturated carbocycles. The molecule has 3 rings (SSSR count). The number of phenols is 1. The fourth-order valence-electron chi connectivity index (χ4n) is 2.24. The van der Waals surface area contributed by atoms with E-state index in [0.29, 0.717) is 10.1 Å². The SMILES string of the molecule is COC(=O)c1cccc(NC(=O)c2cc3c(F)cccc3s2)c1O. The number of para-hydroxylation sites is 1. The van der Waals surface area contributed by atoms with E-state index in [9.17, 15) is 19.1 Å². The highest BCUT2D eigenvalue weighted by Gasteiger charge is 2.18. The molecule has 0 aliphatic carbocycles. The van der Waals surface area contributed by atoms with E-state index < -0.39 is 17.7 Å². The van der Waals surface area contributed by atoms with Gasteiger partial charge in [0.25, 0.3) is 5.91 Å². The maximum atomic E-state index is 13.7. The topological polar surface area (TPSA) is 75.6 Å². The summed E-state index contributed by atoms with van der Waals surface area (Å²) in [5.74, 6) is -2.01. The van der Waals surface area contributed by atoms with Gasteiger partial charge in [-0.2, -0.15) is 0 Å². The van der Waals surface area contributed by atoms with Crippen LogP contribution in [-0.2, 0) is 4.74 Å². The van der Waals surface area contributed by atoms with Gasteiger partial charge in [0.15, 0.2) is 5.75 Å². The van der Waals surface area contributed by atoms with Gasteiger partial charge >= 0.3 is 5.97 Å². The lowest BCUT2D eigenvalue weighted by Crippen LogP contribution is -2.11. The third-order valence-corrected chi connectivity index (χ3v) is 4.52. The Morgan fingerprint density at radius 2 is 1.96 bits per heavy atom. The van der Waals surface area contributed by atoms with Crippen molar-refractivity contribution >= 4 is 39.0 Å². The first kappa shape index (κ1) is 15.9. The second-order valence-electron chi connectivity index (χ2n) is 4.91. The van der Waals surface area contributed by atoms with E-state index in [1.54, 1.807) is 12.1 Å². The molecule has 24 heavy (non-hydrogen) atoms. The molecule has 0 saturated heterocycles. The van der Waals surface area contributed by atoms with E-state index in [4.69, 9.17) is 0 Å². The van der Waals surface area contributed by atoms with Gasteiger partial charge in [0.2, 0.25) is 0 Å². The zero-order valence-electron chi connectivity index (χ0n) is 12.5. The van der Waals surface area contributed by atoms with Crippen LogP contribution < -0.4 is 5.32 Å². The Morgan fingerprint density at radius 3 is 2.67 bits per heavy atom. The molecule has 5 nitrogen and oxygen atoms in total. The van der Waals surface area contributed by atoms with Crippen molar-refractivity contribution in [2.75, 3.05) is 12.4 Å². The Hall–Kier alpha value is -2.93. The zero-order valence-corrected chi connectivity index (χ0v) is 13.3. The average molecular weight is 345 g/mol. The number of amides is 1. The monoisotopic (exact) mass is 345 g/mol. The highest BCUT2D eigenvalue weighted by atomic mass is 32.1. The number of ether oxygens (including phenoxy) is 1. The van der Waals surface area contributed by atoms with Crippen LogP contribution in [0.1, 0.15) is 20.0 Å². The molecule has 2 aromatic carbocycles. The van der Waals surface area contributed by atoms with Gasteiger partial charge < -0.3 is 15.2 Å². The zero-order chi connectivity index (χ0) is 17.3. The Bertz CT molecular complexity index is 951. The quantitative estimate of drug-likeness (QED) is 0.559. The molecule has 2 N–H and O–H groups in total. The van der Waals surface area contributed by atoms with Gasteiger partial charge in [-0.1, -0.05) is 12.1 Å². The number of carbonyl (C=O) groups is 2. The van der Waals surface area contributed by atoms with Gasteiger partial charge in [-0.15, -0.1) is 11.3 Å². The molecule has 1 heterocycles. The first-order chi connectivity index (χ1) is 11.5. The lowest BCUT2D eigenvalue weighted by molar-refractivity contribution is 0.0597. The van der Waals surface area contributed by atoms with E-state index in [0.717, 1.165) is 11.3 Å². The highest BCUT2D eigenvalue weighted by molar-refractivity contribution is 7.20. The number of thiophene rings is 1. The molecule has 0 radical (unpaired) electrons. The summed E-state index contributed by atoms with van der Waals surface area (Å²) in [5.41, 5.74) is 0.0125. The lowest BCUT2D eigenvalue weighted by atomic mass is 10.1. The van der Waals surface area contributed by atoms with Crippen molar-refractivity contribution in [3.8, 4) is 5.75 Å². The third-order valence-electron chi connectivity index (χ3n) is 3.42. The number of anilines is 1. The molecule has 0 atom stereocenters. The van der Waals surface area contributed by atoms with E-state index in [-0.39, 0.29) is 21.9 Å². The van der Waals surface area contributed by atoms with Crippen LogP contribution in [0.15, 0.2) is 42.5 Å². The number of phenolic OH excluding ortho intramolecular Hbond substituents is 1. The summed E-state index contributed by atoms with van der Waals surface area (Å²) in [6, 6.07) is 10.4. The number of carbonyl (C=O) groups excluding carboxylic acids is 2. The van der Waals surface area contributed by atoms with Crippen LogP contribution in [0.5, 0.6) is 5.75 Å². The minimum atomic E-state index is -0.715. The van der Waals surface area contributed by atoms with Crippen molar-refractivity contribution in [1.29, 1.82) is 0 Å². The van der Waals surface area contributed by atoms with Gasteiger partial charge in [0, 0.05) is 10.1 Å². The van der Waals surface area contributed by atoms with E-state index in [1.807, 2.05) is 0 Å². The van der Waals surface area contributed by atoms with Crippen LogP contribution in [-0.4, -0.2) is 24.1 Å². The van der Waals surface area contributed by atoms with Crippen LogP contribution in [0.25, 0.3) is 10.1 Å². The van der Waals surface area contributed by atoms with Gasteiger partial charge in [0.05, 0.1) is 17.7 Å². The van der Waals surface area contributed by atoms with Crippen molar-refractivity contribution in [3.05, 3.63) is 58.7 Å². The predicted molar refractivity (Wildman–Crippen MR) is 89.2 cm³/mol. The standard InChI is InChI=1S/C17H12FNO4S/c1-23-17(22)9-4-2-6-12(15(9)20)19-16(21)14-8-10-11(18)5-3-7-13(10)24-14/h2-8,20H,1H3,(H,19,21). The minimum Gasteiger partial charge on any atom is -0.505 e. The maximum Gasteiger partial charge on any atom is 0.341 e. The van der Waals surface area contributed by atoms with Crippen molar-refractivity contribution in [2.45, 2.75) is 0 Å². The molecule has 0 bridgehead atoms. The van der Waals surface area contributed by atoms with Gasteiger partial charge in [0.1, 0.15) is 11.4 Å². The van der Waals surface area contributed by atoms with Crippen molar-refractivity contribution in [3.63, 3.8) is 0 Å². The highest BCUT2D eigenvalue weighted by Crippen LogP contribution is 2.31. The summed E-state index contributed by atoms with van der Waals surface area (Å²) in [6.45, 7) is 0. The van der Waals surface area contributed by atoms with Gasteiger partial charge in [-0.25, -0.2) is 9.18 Å². The number of benzene rings is 2. The molecular weight excluding hydrogens is 333 g/mol. The summed E-state index contributed by atoms with van der Waals surface area (Å²) in [6.07, 6.45) is 0. The van der Waals surface area contributed by atoms with Crippen molar-refractivity contribution < 1.29 is 23.8 Å². The molecule has 0 unspecified atom stereocenters. The summed E-state index contributed by atoms with van der Waals surface area (Å²) in [7, 11) is 1.19. The Labute approximate surface area is 140 Å². The fourth-order valence-corrected chi connectivity index (χ4v) is 3.21. The van der Waals surface area contributed by atoms with Crippen LogP contribution in [0.3, 0.4) is 0 Å². The number of rotatable bonds is 3. The molecule has 0 fully saturated rings. The smallest absolute Gasteiger partial charge is 0.341 e. The van der Waals surface area contributed by atoms with Gasteiger partial charge in [-0.05, 0) is 30.3 Å². The second kappa shape index (κ2) is 6.29. The minimum absolute atomic E-state index is 0.0577. The molecule has 0 spiro atoms. The number of hydrogen-bond acceptors (Lipinski definition) is 5. The Balaban J connectivity index is 1.92. The van der Waals surface area contributed by atoms with Crippen molar-refractivity contribution in [2.24, 2.45) is 0 Å². The molecule has 1 aromatic heterocycles. The van der Waals surface area contributed by atoms with E-state index in [1.165, 1.54) is 37.4 Å². The number of nitrogens with one attached hydrogen (secondary N) is 1. The van der Waals surface area contributed by atoms with Crippen LogP contribution in [0.2, 0.25) is 0 Å². The predicted octanol–water partition coefficient (Wildman–Crippen LogP) is 3.78. The fraction of sp³-hybridized carbons (Fsp3) is 0.0588. The first-order valence-corrected chi connectivity index (χ1v) is 7.72. The summed E-state index contributed by atoms with van der Waals surface area (Å²) in [5, 5.41) is 13.0.